The lowest BCUT2D eigenvalue weighted by atomic mass is 9.98. The molecule has 6 rings (SSSR count). The molecule has 0 bridgehead atoms. The van der Waals surface area contributed by atoms with E-state index >= 15 is 0 Å². The number of carbonyl (C=O) groups excluding carboxylic acids is 3. The van der Waals surface area contributed by atoms with E-state index in [-0.39, 0.29) is 17.7 Å². The Bertz CT molecular complexity index is 1880. The molecule has 0 spiro atoms. The molecular formula is C50H60O11. The number of rotatable bonds is 25. The van der Waals surface area contributed by atoms with Gasteiger partial charge >= 0.3 is 23.9 Å². The zero-order valence-corrected chi connectivity index (χ0v) is 35.0. The number of unbranched alkanes of at least 4 members (excludes halogenated alkanes) is 13. The molecule has 0 radical (unpaired) electrons. The second kappa shape index (κ2) is 24.5. The van der Waals surface area contributed by atoms with Crippen LogP contribution in [0.2, 0.25) is 0 Å². The Labute approximate surface area is 359 Å². The Morgan fingerprint density at radius 3 is 1.43 bits per heavy atom. The quantitative estimate of drug-likeness (QED) is 0.0388. The van der Waals surface area contributed by atoms with Gasteiger partial charge in [0, 0.05) is 12.2 Å². The summed E-state index contributed by atoms with van der Waals surface area (Å²) in [6.07, 6.45) is 10.00. The van der Waals surface area contributed by atoms with Crippen LogP contribution in [0.25, 0.3) is 0 Å². The van der Waals surface area contributed by atoms with Crippen LogP contribution in [0.5, 0.6) is 0 Å². The molecule has 2 saturated heterocycles. The predicted octanol–water partition coefficient (Wildman–Crippen LogP) is 9.72. The van der Waals surface area contributed by atoms with E-state index in [9.17, 15) is 14.4 Å². The van der Waals surface area contributed by atoms with Crippen molar-refractivity contribution in [3.63, 3.8) is 0 Å². The fourth-order valence-corrected chi connectivity index (χ4v) is 7.69. The van der Waals surface area contributed by atoms with Gasteiger partial charge in [0.2, 0.25) is 0 Å². The molecule has 0 saturated carbocycles. The maximum Gasteiger partial charge on any atom is 0.338 e. The van der Waals surface area contributed by atoms with Crippen LogP contribution in [0.1, 0.15) is 127 Å². The van der Waals surface area contributed by atoms with Crippen LogP contribution in [-0.4, -0.2) is 73.5 Å². The van der Waals surface area contributed by atoms with Gasteiger partial charge in [-0.2, -0.15) is 0 Å². The van der Waals surface area contributed by atoms with Crippen molar-refractivity contribution in [1.82, 2.24) is 0 Å². The van der Waals surface area contributed by atoms with E-state index in [0.717, 1.165) is 38.5 Å². The number of aliphatic hydroxyl groups excluding tert-OH is 1. The highest BCUT2D eigenvalue weighted by Gasteiger charge is 2.62. The van der Waals surface area contributed by atoms with Crippen molar-refractivity contribution in [3.8, 4) is 0 Å². The number of benzene rings is 4. The molecule has 2 aliphatic rings. The zero-order chi connectivity index (χ0) is 42.5. The molecule has 1 unspecified atom stereocenters. The molecule has 2 aliphatic heterocycles. The van der Waals surface area contributed by atoms with Gasteiger partial charge in [0.25, 0.3) is 0 Å². The van der Waals surface area contributed by atoms with Crippen molar-refractivity contribution in [2.75, 3.05) is 19.8 Å². The van der Waals surface area contributed by atoms with Crippen LogP contribution in [-0.2, 0) is 39.1 Å². The summed E-state index contributed by atoms with van der Waals surface area (Å²) < 4.78 is 44.4. The number of hydrogen-bond acceptors (Lipinski definition) is 11. The van der Waals surface area contributed by atoms with Gasteiger partial charge in [0.15, 0.2) is 24.6 Å². The lowest BCUT2D eigenvalue weighted by Crippen LogP contribution is -2.60. The first-order chi connectivity index (χ1) is 30.0. The lowest BCUT2D eigenvalue weighted by Gasteiger charge is -2.41. The van der Waals surface area contributed by atoms with Gasteiger partial charge in [0.05, 0.1) is 23.3 Å². The van der Waals surface area contributed by atoms with E-state index in [0.29, 0.717) is 24.3 Å². The zero-order valence-electron chi connectivity index (χ0n) is 35.0. The predicted molar refractivity (Wildman–Crippen MR) is 228 cm³/mol. The number of ether oxygens (including phenoxy) is 7. The molecule has 6 atom stereocenters. The smallest absolute Gasteiger partial charge is 0.338 e. The minimum Gasteiger partial charge on any atom is -0.459 e. The largest absolute Gasteiger partial charge is 0.459 e. The first-order valence-corrected chi connectivity index (χ1v) is 22.0. The summed E-state index contributed by atoms with van der Waals surface area (Å²) in [6, 6.07) is 34.6. The Balaban J connectivity index is 1.14. The summed E-state index contributed by atoms with van der Waals surface area (Å²) >= 11 is 0. The minimum absolute atomic E-state index is 0.264. The van der Waals surface area contributed by atoms with Gasteiger partial charge in [-0.3, -0.25) is 4.74 Å². The third-order valence-corrected chi connectivity index (χ3v) is 11.0. The third kappa shape index (κ3) is 13.5. The lowest BCUT2D eigenvalue weighted by molar-refractivity contribution is -0.367. The molecule has 11 nitrogen and oxygen atoms in total. The van der Waals surface area contributed by atoms with Crippen LogP contribution in [0.4, 0.5) is 0 Å². The van der Waals surface area contributed by atoms with E-state index in [1.807, 2.05) is 30.3 Å². The maximum absolute atomic E-state index is 13.8. The molecule has 0 amide bonds. The summed E-state index contributed by atoms with van der Waals surface area (Å²) in [5.41, 5.74) is 1.43. The van der Waals surface area contributed by atoms with Crippen LogP contribution < -0.4 is 0 Å². The summed E-state index contributed by atoms with van der Waals surface area (Å²) in [6.45, 7) is 0.247. The molecule has 2 heterocycles. The SMILES string of the molecule is O=C(OC[C@H]1O[C@@H]2OC(OCCCCCCCCCCCCCCCCO)(c3ccccc3)O[C@@H]2[C@@H](OC(=O)c2ccccc2)[C@@H]1OC(=O)c1ccccc1)c1ccccc1. The Kier molecular flexibility index (Phi) is 18.3. The summed E-state index contributed by atoms with van der Waals surface area (Å²) in [7, 11) is 0. The Morgan fingerprint density at radius 1 is 0.508 bits per heavy atom. The highest BCUT2D eigenvalue weighted by Crippen LogP contribution is 2.45. The average Bonchev–Trinajstić information content (AvgIpc) is 3.69. The van der Waals surface area contributed by atoms with Crippen molar-refractivity contribution >= 4 is 17.9 Å². The van der Waals surface area contributed by atoms with Crippen molar-refractivity contribution in [3.05, 3.63) is 144 Å². The molecule has 326 valence electrons. The standard InChI is InChI=1S/C50H60O11/c51-35-25-11-9-7-5-3-1-2-4-6-8-10-12-26-36-56-50(41-33-23-16-24-34-41)60-45-44(59-48(54)40-31-21-15-22-32-40)43(58-47(53)39-29-19-14-20-30-39)42(57-49(45)61-50)37-55-46(52)38-27-17-13-18-28-38/h13-24,27-34,42-45,49,51H,1-12,25-26,35-37H2/t42-,43-,44+,45-,49-,50?/m1/s1. The number of carbonyl (C=O) groups is 3. The fraction of sp³-hybridized carbons (Fsp3) is 0.460. The number of fused-ring (bicyclic) bond motifs is 1. The third-order valence-electron chi connectivity index (χ3n) is 11.0. The van der Waals surface area contributed by atoms with Crippen molar-refractivity contribution in [2.24, 2.45) is 0 Å². The van der Waals surface area contributed by atoms with E-state index in [1.165, 1.54) is 51.4 Å². The average molecular weight is 837 g/mol. The summed E-state index contributed by atoms with van der Waals surface area (Å²) in [5, 5.41) is 8.92. The van der Waals surface area contributed by atoms with Crippen molar-refractivity contribution < 1.29 is 52.6 Å². The van der Waals surface area contributed by atoms with E-state index < -0.39 is 54.6 Å². The first-order valence-electron chi connectivity index (χ1n) is 22.0. The normalized spacial score (nSPS) is 22.0. The molecule has 0 aliphatic carbocycles. The Hall–Kier alpha value is -4.91. The van der Waals surface area contributed by atoms with Gasteiger partial charge in [-0.15, -0.1) is 0 Å². The van der Waals surface area contributed by atoms with Gasteiger partial charge in [-0.25, -0.2) is 14.4 Å². The maximum atomic E-state index is 13.8. The summed E-state index contributed by atoms with van der Waals surface area (Å²) in [4.78, 5) is 40.7. The molecule has 4 aromatic carbocycles. The van der Waals surface area contributed by atoms with Crippen molar-refractivity contribution in [2.45, 2.75) is 127 Å². The highest BCUT2D eigenvalue weighted by atomic mass is 16.9. The molecule has 61 heavy (non-hydrogen) atoms. The fourth-order valence-electron chi connectivity index (χ4n) is 7.69. The topological polar surface area (TPSA) is 136 Å². The van der Waals surface area contributed by atoms with E-state index in [1.54, 1.807) is 91.0 Å². The van der Waals surface area contributed by atoms with Crippen LogP contribution in [0, 0.1) is 0 Å². The molecule has 1 N–H and O–H groups in total. The summed E-state index contributed by atoms with van der Waals surface area (Å²) in [5.74, 6) is -3.74. The highest BCUT2D eigenvalue weighted by molar-refractivity contribution is 5.91. The molecule has 11 heteroatoms. The number of aliphatic hydroxyl groups is 1. The van der Waals surface area contributed by atoms with Gasteiger partial charge in [-0.1, -0.05) is 162 Å². The van der Waals surface area contributed by atoms with Gasteiger partial charge in [0.1, 0.15) is 12.7 Å². The van der Waals surface area contributed by atoms with Crippen LogP contribution in [0.15, 0.2) is 121 Å². The number of hydrogen-bond donors (Lipinski definition) is 1. The van der Waals surface area contributed by atoms with E-state index in [4.69, 9.17) is 38.3 Å². The van der Waals surface area contributed by atoms with Crippen LogP contribution >= 0.6 is 0 Å². The molecule has 4 aromatic rings. The second-order valence-electron chi connectivity index (χ2n) is 15.6. The van der Waals surface area contributed by atoms with Gasteiger partial charge < -0.3 is 33.5 Å². The van der Waals surface area contributed by atoms with Gasteiger partial charge in [-0.05, 0) is 49.2 Å². The minimum atomic E-state index is -1.75. The second-order valence-corrected chi connectivity index (χ2v) is 15.6. The van der Waals surface area contributed by atoms with Crippen LogP contribution in [0.3, 0.4) is 0 Å². The first kappa shape index (κ1) is 45.6. The molecule has 0 aromatic heterocycles. The monoisotopic (exact) mass is 836 g/mol. The number of esters is 3. The molecular weight excluding hydrogens is 777 g/mol. The van der Waals surface area contributed by atoms with E-state index in [2.05, 4.69) is 0 Å². The van der Waals surface area contributed by atoms with Crippen molar-refractivity contribution in [1.29, 1.82) is 0 Å². The Morgan fingerprint density at radius 2 is 0.934 bits per heavy atom. The molecule has 2 fully saturated rings.